The second-order valence-corrected chi connectivity index (χ2v) is 7.87. The molecule has 29 heavy (non-hydrogen) atoms. The number of nitrogens with one attached hydrogen (secondary N) is 1. The molecule has 2 aromatic carbocycles. The lowest BCUT2D eigenvalue weighted by Gasteiger charge is -2.17. The number of rotatable bonds is 12. The highest BCUT2D eigenvalue weighted by Gasteiger charge is 2.22. The number of benzene rings is 2. The molecule has 0 aliphatic carbocycles. The van der Waals surface area contributed by atoms with Gasteiger partial charge in [0.2, 0.25) is 0 Å². The monoisotopic (exact) mass is 481 g/mol. The minimum Gasteiger partial charge on any atom is -0.490 e. The van der Waals surface area contributed by atoms with Crippen molar-refractivity contribution in [2.75, 3.05) is 31.8 Å². The minimum absolute atomic E-state index is 0.0983. The Hall–Kier alpha value is -2.19. The van der Waals surface area contributed by atoms with Crippen LogP contribution in [0, 0.1) is 0 Å². The molecular weight excluding hydrogens is 458 g/mol. The molecule has 2 aromatic rings. The van der Waals surface area contributed by atoms with E-state index in [4.69, 9.17) is 14.2 Å². The van der Waals surface area contributed by atoms with E-state index >= 15 is 0 Å². The first-order valence-electron chi connectivity index (χ1n) is 9.09. The summed E-state index contributed by atoms with van der Waals surface area (Å²) in [6.07, 6.45) is 2.42. The predicted molar refractivity (Wildman–Crippen MR) is 117 cm³/mol. The van der Waals surface area contributed by atoms with E-state index in [0.717, 1.165) is 10.2 Å². The Bertz CT molecular complexity index is 757. The number of carbonyl (C=O) groups excluding carboxylic acids is 2. The summed E-state index contributed by atoms with van der Waals surface area (Å²) in [5.41, 5.74) is 0. The largest absolute Gasteiger partial charge is 0.490 e. The highest BCUT2D eigenvalue weighted by Crippen LogP contribution is 2.16. The van der Waals surface area contributed by atoms with Gasteiger partial charge in [0.1, 0.15) is 30.8 Å². The maximum absolute atomic E-state index is 12.4. The first-order valence-corrected chi connectivity index (χ1v) is 11.3. The van der Waals surface area contributed by atoms with Crippen LogP contribution in [-0.4, -0.2) is 49.7 Å². The zero-order chi connectivity index (χ0) is 20.9. The van der Waals surface area contributed by atoms with Gasteiger partial charge >= 0.3 is 5.97 Å². The van der Waals surface area contributed by atoms with E-state index in [1.165, 1.54) is 0 Å². The Morgan fingerprint density at radius 3 is 2.38 bits per heavy atom. The smallest absolute Gasteiger partial charge is 0.328 e. The molecule has 0 aliphatic heterocycles. The second kappa shape index (κ2) is 13.1. The zero-order valence-electron chi connectivity index (χ0n) is 16.1. The van der Waals surface area contributed by atoms with E-state index in [1.54, 1.807) is 23.9 Å². The number of esters is 1. The van der Waals surface area contributed by atoms with Gasteiger partial charge in [0.25, 0.3) is 5.91 Å². The molecule has 0 aromatic heterocycles. The highest BCUT2D eigenvalue weighted by molar-refractivity contribution is 9.10. The van der Waals surface area contributed by atoms with Crippen LogP contribution in [0.5, 0.6) is 11.5 Å². The van der Waals surface area contributed by atoms with E-state index in [2.05, 4.69) is 21.2 Å². The van der Waals surface area contributed by atoms with Crippen molar-refractivity contribution in [2.24, 2.45) is 0 Å². The summed E-state index contributed by atoms with van der Waals surface area (Å²) in [6.45, 7) is 0.161. The molecule has 156 valence electrons. The third-order valence-electron chi connectivity index (χ3n) is 3.75. The van der Waals surface area contributed by atoms with Gasteiger partial charge in [-0.2, -0.15) is 11.8 Å². The quantitative estimate of drug-likeness (QED) is 0.368. The molecule has 0 unspecified atom stereocenters. The van der Waals surface area contributed by atoms with Gasteiger partial charge in [-0.15, -0.1) is 0 Å². The fraction of sp³-hybridized carbons (Fsp3) is 0.333. The van der Waals surface area contributed by atoms with Gasteiger partial charge in [0, 0.05) is 4.47 Å². The molecule has 0 spiro atoms. The average molecular weight is 482 g/mol. The number of hydrogen-bond donors (Lipinski definition) is 1. The van der Waals surface area contributed by atoms with Crippen molar-refractivity contribution in [3.05, 3.63) is 59.1 Å². The van der Waals surface area contributed by atoms with E-state index in [9.17, 15) is 9.59 Å². The molecule has 1 N–H and O–H groups in total. The van der Waals surface area contributed by atoms with Crippen LogP contribution in [0.1, 0.15) is 6.42 Å². The molecule has 0 radical (unpaired) electrons. The fourth-order valence-corrected chi connectivity index (χ4v) is 3.06. The van der Waals surface area contributed by atoms with E-state index in [1.807, 2.05) is 48.7 Å². The summed E-state index contributed by atoms with van der Waals surface area (Å²) < 4.78 is 17.2. The van der Waals surface area contributed by atoms with Crippen molar-refractivity contribution >= 4 is 39.6 Å². The third kappa shape index (κ3) is 9.23. The summed E-state index contributed by atoms with van der Waals surface area (Å²) in [5.74, 6) is 1.15. The number of halogens is 1. The molecule has 1 amide bonds. The normalized spacial score (nSPS) is 11.4. The number of amides is 1. The molecule has 2 rings (SSSR count). The fourth-order valence-electron chi connectivity index (χ4n) is 2.32. The minimum atomic E-state index is -0.720. The Balaban J connectivity index is 1.75. The molecule has 0 heterocycles. The van der Waals surface area contributed by atoms with Crippen LogP contribution in [0.15, 0.2) is 59.1 Å². The SMILES string of the molecule is CSCC[C@@H](NC(=O)COc1ccccc1)C(=O)OCCOc1ccc(Br)cc1. The van der Waals surface area contributed by atoms with Crippen molar-refractivity contribution in [1.82, 2.24) is 5.32 Å². The standard InChI is InChI=1S/C21H24BrNO5S/c1-29-14-11-19(23-20(24)15-28-17-5-3-2-4-6-17)21(25)27-13-12-26-18-9-7-16(22)8-10-18/h2-10,19H,11-15H2,1H3,(H,23,24)/t19-/m1/s1. The van der Waals surface area contributed by atoms with Gasteiger partial charge in [-0.3, -0.25) is 4.79 Å². The average Bonchev–Trinajstić information content (AvgIpc) is 2.74. The van der Waals surface area contributed by atoms with Crippen LogP contribution in [0.4, 0.5) is 0 Å². The molecule has 8 heteroatoms. The maximum Gasteiger partial charge on any atom is 0.328 e. The van der Waals surface area contributed by atoms with Crippen molar-refractivity contribution in [1.29, 1.82) is 0 Å². The lowest BCUT2D eigenvalue weighted by atomic mass is 10.2. The first-order chi connectivity index (χ1) is 14.1. The van der Waals surface area contributed by atoms with Gasteiger partial charge in [-0.1, -0.05) is 34.1 Å². The Morgan fingerprint density at radius 1 is 1.00 bits per heavy atom. The second-order valence-electron chi connectivity index (χ2n) is 5.97. The Labute approximate surface area is 183 Å². The molecule has 0 fully saturated rings. The number of para-hydroxylation sites is 1. The zero-order valence-corrected chi connectivity index (χ0v) is 18.5. The van der Waals surface area contributed by atoms with Crippen molar-refractivity contribution in [3.63, 3.8) is 0 Å². The van der Waals surface area contributed by atoms with Crippen molar-refractivity contribution in [3.8, 4) is 11.5 Å². The highest BCUT2D eigenvalue weighted by atomic mass is 79.9. The number of hydrogen-bond acceptors (Lipinski definition) is 6. The van der Waals surface area contributed by atoms with Crippen LogP contribution in [0.3, 0.4) is 0 Å². The number of thioether (sulfide) groups is 1. The summed E-state index contributed by atoms with van der Waals surface area (Å²) >= 11 is 4.95. The Morgan fingerprint density at radius 2 is 1.69 bits per heavy atom. The summed E-state index contributed by atoms with van der Waals surface area (Å²) in [6, 6.07) is 15.7. The number of ether oxygens (including phenoxy) is 3. The van der Waals surface area contributed by atoms with E-state index in [0.29, 0.717) is 17.9 Å². The van der Waals surface area contributed by atoms with Crippen LogP contribution in [-0.2, 0) is 14.3 Å². The van der Waals surface area contributed by atoms with Crippen molar-refractivity contribution in [2.45, 2.75) is 12.5 Å². The molecular formula is C21H24BrNO5S. The van der Waals surface area contributed by atoms with Gasteiger partial charge in [0.15, 0.2) is 6.61 Å². The lowest BCUT2D eigenvalue weighted by Crippen LogP contribution is -2.44. The van der Waals surface area contributed by atoms with Crippen LogP contribution >= 0.6 is 27.7 Å². The van der Waals surface area contributed by atoms with Crippen LogP contribution < -0.4 is 14.8 Å². The van der Waals surface area contributed by atoms with Gasteiger partial charge in [-0.25, -0.2) is 4.79 Å². The van der Waals surface area contributed by atoms with E-state index in [-0.39, 0.29) is 25.7 Å². The molecule has 0 aliphatic rings. The topological polar surface area (TPSA) is 73.9 Å². The van der Waals surface area contributed by atoms with Gasteiger partial charge in [-0.05, 0) is 54.8 Å². The maximum atomic E-state index is 12.4. The van der Waals surface area contributed by atoms with E-state index < -0.39 is 12.0 Å². The summed E-state index contributed by atoms with van der Waals surface area (Å²) in [4.78, 5) is 24.5. The molecule has 0 saturated carbocycles. The number of carbonyl (C=O) groups is 2. The molecule has 0 bridgehead atoms. The third-order valence-corrected chi connectivity index (χ3v) is 4.93. The van der Waals surface area contributed by atoms with Crippen LogP contribution in [0.2, 0.25) is 0 Å². The molecule has 6 nitrogen and oxygen atoms in total. The molecule has 1 atom stereocenters. The van der Waals surface area contributed by atoms with Crippen LogP contribution in [0.25, 0.3) is 0 Å². The van der Waals surface area contributed by atoms with Gasteiger partial charge in [0.05, 0.1) is 0 Å². The lowest BCUT2D eigenvalue weighted by molar-refractivity contribution is -0.148. The summed E-state index contributed by atoms with van der Waals surface area (Å²) in [5, 5.41) is 2.69. The Kier molecular flexibility index (Phi) is 10.4. The van der Waals surface area contributed by atoms with Gasteiger partial charge < -0.3 is 19.5 Å². The first kappa shape index (κ1) is 23.1. The predicted octanol–water partition coefficient (Wildman–Crippen LogP) is 3.69. The van der Waals surface area contributed by atoms with Crippen molar-refractivity contribution < 1.29 is 23.8 Å². The summed E-state index contributed by atoms with van der Waals surface area (Å²) in [7, 11) is 0. The molecule has 0 saturated heterocycles.